The van der Waals surface area contributed by atoms with Crippen LogP contribution >= 0.6 is 0 Å². The number of nitro benzene ring substituents is 1. The van der Waals surface area contributed by atoms with E-state index < -0.39 is 4.92 Å². The maximum atomic E-state index is 10.9. The number of non-ortho nitro benzene ring substituents is 1. The van der Waals surface area contributed by atoms with E-state index in [1.807, 2.05) is 13.0 Å². The summed E-state index contributed by atoms with van der Waals surface area (Å²) in [5.74, 6) is 1.19. The van der Waals surface area contributed by atoms with E-state index >= 15 is 0 Å². The number of anilines is 1. The van der Waals surface area contributed by atoms with Crippen LogP contribution < -0.4 is 10.2 Å². The Morgan fingerprint density at radius 3 is 2.76 bits per heavy atom. The van der Waals surface area contributed by atoms with Gasteiger partial charge in [-0.3, -0.25) is 15.2 Å². The van der Waals surface area contributed by atoms with Gasteiger partial charge in [0, 0.05) is 43.9 Å². The first kappa shape index (κ1) is 13.5. The fraction of sp³-hybridized carbons (Fsp3) is 0.385. The van der Waals surface area contributed by atoms with Gasteiger partial charge in [-0.1, -0.05) is 0 Å². The first-order chi connectivity index (χ1) is 10.1. The lowest BCUT2D eigenvalue weighted by molar-refractivity contribution is -0.384. The number of piperazine rings is 1. The number of hydrogen-bond acceptors (Lipinski definition) is 6. The van der Waals surface area contributed by atoms with Gasteiger partial charge in [0.15, 0.2) is 5.82 Å². The molecule has 110 valence electrons. The molecule has 0 spiro atoms. The lowest BCUT2D eigenvalue weighted by Crippen LogP contribution is -2.44. The summed E-state index contributed by atoms with van der Waals surface area (Å²) in [6.45, 7) is 5.33. The third-order valence-electron chi connectivity index (χ3n) is 3.42. The second-order valence-corrected chi connectivity index (χ2v) is 5.04. The van der Waals surface area contributed by atoms with E-state index in [1.165, 1.54) is 12.1 Å². The van der Waals surface area contributed by atoms with Crippen molar-refractivity contribution in [1.29, 1.82) is 0 Å². The van der Waals surface area contributed by atoms with Gasteiger partial charge in [0.2, 0.25) is 5.95 Å². The molecule has 2 heterocycles. The van der Waals surface area contributed by atoms with E-state index in [0.717, 1.165) is 31.7 Å². The summed E-state index contributed by atoms with van der Waals surface area (Å²) >= 11 is 0. The maximum Gasteiger partial charge on any atom is 0.270 e. The summed E-state index contributed by atoms with van der Waals surface area (Å²) in [5.41, 5.74) is 1.56. The van der Waals surface area contributed by atoms with E-state index in [-0.39, 0.29) is 5.69 Å². The van der Waals surface area contributed by atoms with Crippen molar-refractivity contribution in [2.75, 3.05) is 31.1 Å². The van der Waals surface area contributed by atoms with Crippen LogP contribution in [0.4, 0.5) is 11.6 Å². The molecule has 1 aromatic carbocycles. The zero-order valence-corrected chi connectivity index (χ0v) is 11.7. The van der Waals surface area contributed by atoms with Gasteiger partial charge in [-0.15, -0.1) is 5.10 Å². The molecule has 0 unspecified atom stereocenters. The number of H-pyrrole nitrogens is 1. The summed E-state index contributed by atoms with van der Waals surface area (Å²) in [6.07, 6.45) is 0. The third-order valence-corrected chi connectivity index (χ3v) is 3.42. The molecular weight excluding hydrogens is 272 g/mol. The highest BCUT2D eigenvalue weighted by molar-refractivity contribution is 5.61. The number of aromatic amines is 1. The topological polar surface area (TPSA) is 100.0 Å². The van der Waals surface area contributed by atoms with Gasteiger partial charge >= 0.3 is 0 Å². The Labute approximate surface area is 121 Å². The average molecular weight is 288 g/mol. The Hall–Kier alpha value is -2.48. The monoisotopic (exact) mass is 288 g/mol. The zero-order chi connectivity index (χ0) is 14.8. The van der Waals surface area contributed by atoms with Crippen LogP contribution in [0.3, 0.4) is 0 Å². The van der Waals surface area contributed by atoms with Crippen molar-refractivity contribution in [3.05, 3.63) is 33.9 Å². The molecule has 2 N–H and O–H groups in total. The summed E-state index contributed by atoms with van der Waals surface area (Å²) in [4.78, 5) is 17.1. The fourth-order valence-electron chi connectivity index (χ4n) is 2.39. The Kier molecular flexibility index (Phi) is 3.53. The standard InChI is InChI=1S/C13H16N6O2/c1-9-6-10(8-11(7-9)19(20)21)12-15-13(17-16-12)18-4-2-14-3-5-18/h6-8,14H,2-5H2,1H3,(H,15,16,17). The zero-order valence-electron chi connectivity index (χ0n) is 11.7. The molecule has 2 aromatic rings. The van der Waals surface area contributed by atoms with E-state index in [2.05, 4.69) is 25.4 Å². The SMILES string of the molecule is Cc1cc(-c2nc(N3CCNCC3)n[nH]2)cc([N+](=O)[O-])c1. The van der Waals surface area contributed by atoms with E-state index in [0.29, 0.717) is 17.3 Å². The summed E-state index contributed by atoms with van der Waals surface area (Å²) in [5, 5.41) is 21.3. The third kappa shape index (κ3) is 2.84. The molecule has 3 rings (SSSR count). The van der Waals surface area contributed by atoms with Gasteiger partial charge in [-0.2, -0.15) is 4.98 Å². The van der Waals surface area contributed by atoms with E-state index in [9.17, 15) is 10.1 Å². The Morgan fingerprint density at radius 1 is 1.29 bits per heavy atom. The molecule has 0 amide bonds. The number of rotatable bonds is 3. The quantitative estimate of drug-likeness (QED) is 0.648. The highest BCUT2D eigenvalue weighted by atomic mass is 16.6. The highest BCUT2D eigenvalue weighted by Gasteiger charge is 2.17. The Morgan fingerprint density at radius 2 is 2.05 bits per heavy atom. The minimum atomic E-state index is -0.399. The van der Waals surface area contributed by atoms with Crippen molar-refractivity contribution < 1.29 is 4.92 Å². The largest absolute Gasteiger partial charge is 0.337 e. The van der Waals surface area contributed by atoms with Crippen LogP contribution in [-0.4, -0.2) is 46.3 Å². The number of nitrogens with one attached hydrogen (secondary N) is 2. The molecule has 1 aliphatic rings. The number of aromatic nitrogens is 3. The van der Waals surface area contributed by atoms with Crippen LogP contribution in [0.25, 0.3) is 11.4 Å². The number of aryl methyl sites for hydroxylation is 1. The van der Waals surface area contributed by atoms with Crippen LogP contribution in [0.1, 0.15) is 5.56 Å². The maximum absolute atomic E-state index is 10.9. The van der Waals surface area contributed by atoms with E-state index in [4.69, 9.17) is 0 Å². The number of nitro groups is 1. The molecule has 1 aliphatic heterocycles. The first-order valence-corrected chi connectivity index (χ1v) is 6.78. The van der Waals surface area contributed by atoms with Crippen molar-refractivity contribution in [1.82, 2.24) is 20.5 Å². The Balaban J connectivity index is 1.90. The van der Waals surface area contributed by atoms with Gasteiger partial charge in [-0.25, -0.2) is 0 Å². The molecule has 1 aromatic heterocycles. The molecule has 0 atom stereocenters. The van der Waals surface area contributed by atoms with Gasteiger partial charge in [0.25, 0.3) is 5.69 Å². The highest BCUT2D eigenvalue weighted by Crippen LogP contribution is 2.24. The van der Waals surface area contributed by atoms with Crippen molar-refractivity contribution in [3.8, 4) is 11.4 Å². The molecule has 8 nitrogen and oxygen atoms in total. The molecule has 0 aliphatic carbocycles. The minimum Gasteiger partial charge on any atom is -0.337 e. The fourth-order valence-corrected chi connectivity index (χ4v) is 2.39. The lowest BCUT2D eigenvalue weighted by Gasteiger charge is -2.25. The number of nitrogens with zero attached hydrogens (tertiary/aromatic N) is 4. The number of hydrogen-bond donors (Lipinski definition) is 2. The van der Waals surface area contributed by atoms with Crippen LogP contribution in [0.5, 0.6) is 0 Å². The van der Waals surface area contributed by atoms with Crippen LogP contribution in [0.2, 0.25) is 0 Å². The van der Waals surface area contributed by atoms with Crippen molar-refractivity contribution in [2.24, 2.45) is 0 Å². The molecule has 0 bridgehead atoms. The van der Waals surface area contributed by atoms with Crippen LogP contribution in [0.15, 0.2) is 18.2 Å². The predicted molar refractivity (Wildman–Crippen MR) is 78.3 cm³/mol. The first-order valence-electron chi connectivity index (χ1n) is 6.78. The molecule has 1 fully saturated rings. The van der Waals surface area contributed by atoms with Crippen molar-refractivity contribution in [2.45, 2.75) is 6.92 Å². The summed E-state index contributed by atoms with van der Waals surface area (Å²) in [6, 6.07) is 4.90. The minimum absolute atomic E-state index is 0.0603. The second kappa shape index (κ2) is 5.49. The van der Waals surface area contributed by atoms with E-state index in [1.54, 1.807) is 0 Å². The molecule has 0 saturated carbocycles. The smallest absolute Gasteiger partial charge is 0.270 e. The Bertz CT molecular complexity index is 662. The molecule has 1 saturated heterocycles. The predicted octanol–water partition coefficient (Wildman–Crippen LogP) is 1.10. The van der Waals surface area contributed by atoms with Gasteiger partial charge in [-0.05, 0) is 18.6 Å². The molecule has 21 heavy (non-hydrogen) atoms. The molecular formula is C13H16N6O2. The molecule has 8 heteroatoms. The van der Waals surface area contributed by atoms with Crippen LogP contribution in [-0.2, 0) is 0 Å². The summed E-state index contributed by atoms with van der Waals surface area (Å²) < 4.78 is 0. The molecule has 0 radical (unpaired) electrons. The van der Waals surface area contributed by atoms with Gasteiger partial charge in [0.05, 0.1) is 4.92 Å². The van der Waals surface area contributed by atoms with Gasteiger partial charge in [0.1, 0.15) is 0 Å². The van der Waals surface area contributed by atoms with Crippen molar-refractivity contribution >= 4 is 11.6 Å². The lowest BCUT2D eigenvalue weighted by atomic mass is 10.1. The summed E-state index contributed by atoms with van der Waals surface area (Å²) in [7, 11) is 0. The van der Waals surface area contributed by atoms with Crippen molar-refractivity contribution in [3.63, 3.8) is 0 Å². The van der Waals surface area contributed by atoms with Crippen LogP contribution in [0, 0.1) is 17.0 Å². The second-order valence-electron chi connectivity index (χ2n) is 5.04. The normalized spacial score (nSPS) is 15.2. The number of benzene rings is 1. The van der Waals surface area contributed by atoms with Gasteiger partial charge < -0.3 is 10.2 Å². The average Bonchev–Trinajstić information content (AvgIpc) is 2.97.